The molecule has 0 unspecified atom stereocenters. The minimum atomic E-state index is -0.383. The summed E-state index contributed by atoms with van der Waals surface area (Å²) in [4.78, 5) is 0. The number of aromatic hydroxyl groups is 1. The van der Waals surface area contributed by atoms with Gasteiger partial charge >= 0.3 is 0 Å². The predicted molar refractivity (Wildman–Crippen MR) is 83.2 cm³/mol. The second kappa shape index (κ2) is 5.68. The Kier molecular flexibility index (Phi) is 3.89. The molecule has 1 aromatic heterocycles. The fourth-order valence-corrected chi connectivity index (χ4v) is 3.40. The first kappa shape index (κ1) is 14.4. The van der Waals surface area contributed by atoms with E-state index in [-0.39, 0.29) is 17.6 Å². The molecule has 0 aliphatic carbocycles. The lowest BCUT2D eigenvalue weighted by molar-refractivity contribution is 0.376. The molecule has 2 N–H and O–H groups in total. The van der Waals surface area contributed by atoms with E-state index in [2.05, 4.69) is 29.9 Å². The normalized spacial score (nSPS) is 19.5. The predicted octanol–water partition coefficient (Wildman–Crippen LogP) is 3.61. The quantitative estimate of drug-likeness (QED) is 0.906. The lowest BCUT2D eigenvalue weighted by Crippen LogP contribution is -2.30. The van der Waals surface area contributed by atoms with Crippen molar-refractivity contribution in [1.29, 1.82) is 0 Å². The lowest BCUT2D eigenvalue weighted by Gasteiger charge is -2.22. The highest BCUT2D eigenvalue weighted by Gasteiger charge is 2.20. The summed E-state index contributed by atoms with van der Waals surface area (Å²) >= 11 is 0. The second-order valence-corrected chi connectivity index (χ2v) is 6.39. The lowest BCUT2D eigenvalue weighted by atomic mass is 9.92. The van der Waals surface area contributed by atoms with Crippen LogP contribution in [0.2, 0.25) is 0 Å². The van der Waals surface area contributed by atoms with Crippen LogP contribution in [0.5, 0.6) is 5.75 Å². The molecule has 0 spiro atoms. The summed E-state index contributed by atoms with van der Waals surface area (Å²) in [6.07, 6.45) is 5.43. The van der Waals surface area contributed by atoms with Crippen LogP contribution in [0.25, 0.3) is 10.9 Å². The van der Waals surface area contributed by atoms with E-state index in [0.29, 0.717) is 5.92 Å². The third kappa shape index (κ3) is 2.77. The molecule has 2 heterocycles. The van der Waals surface area contributed by atoms with Crippen LogP contribution in [0.4, 0.5) is 4.39 Å². The summed E-state index contributed by atoms with van der Waals surface area (Å²) in [6, 6.07) is 2.99. The van der Waals surface area contributed by atoms with Gasteiger partial charge in [-0.3, -0.25) is 0 Å². The van der Waals surface area contributed by atoms with Crippen LogP contribution in [0, 0.1) is 11.7 Å². The topological polar surface area (TPSA) is 37.2 Å². The first-order valence-electron chi connectivity index (χ1n) is 7.79. The number of piperidine rings is 1. The number of aromatic nitrogens is 1. The van der Waals surface area contributed by atoms with Gasteiger partial charge in [-0.15, -0.1) is 0 Å². The Balaban J connectivity index is 2.05. The molecule has 3 nitrogen and oxygen atoms in total. The van der Waals surface area contributed by atoms with Crippen LogP contribution >= 0.6 is 0 Å². The monoisotopic (exact) mass is 290 g/mol. The molecule has 0 amide bonds. The minimum absolute atomic E-state index is 0.0585. The first-order valence-corrected chi connectivity index (χ1v) is 7.79. The van der Waals surface area contributed by atoms with Gasteiger partial charge in [-0.1, -0.05) is 0 Å². The van der Waals surface area contributed by atoms with Gasteiger partial charge in [0, 0.05) is 23.7 Å². The molecule has 1 saturated heterocycles. The van der Waals surface area contributed by atoms with Crippen molar-refractivity contribution in [2.24, 2.45) is 5.92 Å². The van der Waals surface area contributed by atoms with E-state index >= 15 is 0 Å². The Bertz CT molecular complexity index is 642. The van der Waals surface area contributed by atoms with E-state index in [1.807, 2.05) is 0 Å². The zero-order valence-corrected chi connectivity index (χ0v) is 12.7. The average molecular weight is 290 g/mol. The fraction of sp³-hybridized carbons (Fsp3) is 0.529. The van der Waals surface area contributed by atoms with Gasteiger partial charge in [0.1, 0.15) is 11.6 Å². The van der Waals surface area contributed by atoms with Gasteiger partial charge < -0.3 is 15.0 Å². The maximum absolute atomic E-state index is 13.6. The average Bonchev–Trinajstić information content (AvgIpc) is 2.79. The summed E-state index contributed by atoms with van der Waals surface area (Å²) in [7, 11) is 0. The molecule has 4 heteroatoms. The smallest absolute Gasteiger partial charge is 0.129 e. The molecule has 0 saturated carbocycles. The van der Waals surface area contributed by atoms with Gasteiger partial charge in [0.25, 0.3) is 0 Å². The van der Waals surface area contributed by atoms with Crippen LogP contribution < -0.4 is 5.32 Å². The maximum Gasteiger partial charge on any atom is 0.129 e. The molecule has 1 aromatic carbocycles. The van der Waals surface area contributed by atoms with E-state index in [9.17, 15) is 9.50 Å². The van der Waals surface area contributed by atoms with E-state index in [4.69, 9.17) is 0 Å². The standard InChI is InChI=1S/C17H23FN2O/c1-11(2)20-10-13(6-12-4-3-5-19-9-12)17-15(20)7-14(18)8-16(17)21/h7-8,10-12,19,21H,3-6,9H2,1-2H3/t12-/m1/s1. The van der Waals surface area contributed by atoms with Crippen molar-refractivity contribution in [3.8, 4) is 5.75 Å². The largest absolute Gasteiger partial charge is 0.507 e. The molecule has 1 aliphatic rings. The van der Waals surface area contributed by atoms with Gasteiger partial charge in [0.2, 0.25) is 0 Å². The van der Waals surface area contributed by atoms with Crippen molar-refractivity contribution >= 4 is 10.9 Å². The number of fused-ring (bicyclic) bond motifs is 1. The van der Waals surface area contributed by atoms with E-state index < -0.39 is 0 Å². The fourth-order valence-electron chi connectivity index (χ4n) is 3.40. The Morgan fingerprint density at radius 2 is 2.24 bits per heavy atom. The zero-order valence-electron chi connectivity index (χ0n) is 12.7. The highest BCUT2D eigenvalue weighted by Crippen LogP contribution is 2.34. The molecule has 1 fully saturated rings. The van der Waals surface area contributed by atoms with Crippen LogP contribution in [0.1, 0.15) is 38.3 Å². The van der Waals surface area contributed by atoms with Gasteiger partial charge in [-0.25, -0.2) is 4.39 Å². The summed E-state index contributed by atoms with van der Waals surface area (Å²) in [6.45, 7) is 6.28. The molecule has 1 aliphatic heterocycles. The number of halogens is 1. The number of nitrogens with zero attached hydrogens (tertiary/aromatic N) is 1. The van der Waals surface area contributed by atoms with Gasteiger partial charge in [-0.05, 0) is 63.7 Å². The first-order chi connectivity index (χ1) is 10.1. The Morgan fingerprint density at radius 1 is 1.43 bits per heavy atom. The van der Waals surface area contributed by atoms with Crippen molar-refractivity contribution in [3.05, 3.63) is 29.7 Å². The van der Waals surface area contributed by atoms with E-state index in [1.165, 1.54) is 25.0 Å². The van der Waals surface area contributed by atoms with Gasteiger partial charge in [0.15, 0.2) is 0 Å². The number of hydrogen-bond donors (Lipinski definition) is 2. The molecule has 1 atom stereocenters. The Morgan fingerprint density at radius 3 is 2.90 bits per heavy atom. The SMILES string of the molecule is CC(C)n1cc(C[C@H]2CCCNC2)c2c(O)cc(F)cc21. The molecule has 21 heavy (non-hydrogen) atoms. The van der Waals surface area contributed by atoms with Crippen LogP contribution in [-0.2, 0) is 6.42 Å². The molecule has 3 rings (SSSR count). The van der Waals surface area contributed by atoms with Crippen molar-refractivity contribution in [2.45, 2.75) is 39.2 Å². The van der Waals surface area contributed by atoms with Crippen molar-refractivity contribution in [3.63, 3.8) is 0 Å². The molecular formula is C17H23FN2O. The summed E-state index contributed by atoms with van der Waals surface area (Å²) in [5, 5.41) is 14.4. The van der Waals surface area contributed by atoms with E-state index in [1.54, 1.807) is 0 Å². The third-order valence-corrected chi connectivity index (χ3v) is 4.42. The third-order valence-electron chi connectivity index (χ3n) is 4.42. The molecule has 114 valence electrons. The molecule has 0 bridgehead atoms. The highest BCUT2D eigenvalue weighted by molar-refractivity contribution is 5.90. The number of benzene rings is 1. The van der Waals surface area contributed by atoms with Crippen molar-refractivity contribution in [2.75, 3.05) is 13.1 Å². The number of phenolic OH excluding ortho intramolecular Hbond substituents is 1. The highest BCUT2D eigenvalue weighted by atomic mass is 19.1. The van der Waals surface area contributed by atoms with E-state index in [0.717, 1.165) is 36.0 Å². The van der Waals surface area contributed by atoms with Crippen molar-refractivity contribution < 1.29 is 9.50 Å². The number of nitrogens with one attached hydrogen (secondary N) is 1. The van der Waals surface area contributed by atoms with Crippen LogP contribution in [-0.4, -0.2) is 22.8 Å². The van der Waals surface area contributed by atoms with Crippen molar-refractivity contribution in [1.82, 2.24) is 9.88 Å². The second-order valence-electron chi connectivity index (χ2n) is 6.39. The Hall–Kier alpha value is -1.55. The van der Waals surface area contributed by atoms with Crippen LogP contribution in [0.15, 0.2) is 18.3 Å². The maximum atomic E-state index is 13.6. The summed E-state index contributed by atoms with van der Waals surface area (Å²) in [5.41, 5.74) is 1.92. The summed E-state index contributed by atoms with van der Waals surface area (Å²) < 4.78 is 15.7. The molecular weight excluding hydrogens is 267 g/mol. The summed E-state index contributed by atoms with van der Waals surface area (Å²) in [5.74, 6) is 0.267. The minimum Gasteiger partial charge on any atom is -0.507 e. The number of rotatable bonds is 3. The van der Waals surface area contributed by atoms with Crippen LogP contribution in [0.3, 0.4) is 0 Å². The van der Waals surface area contributed by atoms with Gasteiger partial charge in [-0.2, -0.15) is 0 Å². The molecule has 2 aromatic rings. The van der Waals surface area contributed by atoms with Gasteiger partial charge in [0.05, 0.1) is 5.52 Å². The number of hydrogen-bond acceptors (Lipinski definition) is 2. The number of phenols is 1. The molecule has 0 radical (unpaired) electrons. The Labute approximate surface area is 124 Å². The zero-order chi connectivity index (χ0) is 15.0.